The standard InChI is InChI=1S/C23H16ClNO4/c24-17-9-7-16(8-10-17)23(28)29-18-11-5-15(6-12-18)13-14-25-21(26)19-3-1-2-4-20(19)22(25)27/h1-12H,13-14H2. The third-order valence-corrected chi connectivity index (χ3v) is 4.97. The van der Waals surface area contributed by atoms with Gasteiger partial charge in [-0.1, -0.05) is 35.9 Å². The molecule has 0 spiro atoms. The molecule has 29 heavy (non-hydrogen) atoms. The van der Waals surface area contributed by atoms with Crippen LogP contribution in [-0.2, 0) is 6.42 Å². The van der Waals surface area contributed by atoms with Gasteiger partial charge in [0.15, 0.2) is 0 Å². The second kappa shape index (κ2) is 7.89. The zero-order chi connectivity index (χ0) is 20.4. The molecule has 0 bridgehead atoms. The molecule has 0 aromatic heterocycles. The number of nitrogens with zero attached hydrogens (tertiary/aromatic N) is 1. The molecule has 0 unspecified atom stereocenters. The van der Waals surface area contributed by atoms with Crippen LogP contribution in [0.1, 0.15) is 36.6 Å². The van der Waals surface area contributed by atoms with E-state index in [4.69, 9.17) is 16.3 Å². The van der Waals surface area contributed by atoms with Crippen LogP contribution in [0.2, 0.25) is 5.02 Å². The maximum atomic E-state index is 12.4. The van der Waals surface area contributed by atoms with Crippen molar-refractivity contribution < 1.29 is 19.1 Å². The zero-order valence-electron chi connectivity index (χ0n) is 15.3. The van der Waals surface area contributed by atoms with Gasteiger partial charge in [0.05, 0.1) is 16.7 Å². The van der Waals surface area contributed by atoms with Crippen LogP contribution in [0.5, 0.6) is 5.75 Å². The minimum Gasteiger partial charge on any atom is -0.423 e. The zero-order valence-corrected chi connectivity index (χ0v) is 16.1. The van der Waals surface area contributed by atoms with E-state index in [1.54, 1.807) is 60.7 Å². The molecule has 0 saturated heterocycles. The van der Waals surface area contributed by atoms with Gasteiger partial charge < -0.3 is 4.74 Å². The van der Waals surface area contributed by atoms with Crippen molar-refractivity contribution in [2.24, 2.45) is 0 Å². The van der Waals surface area contributed by atoms with Gasteiger partial charge in [-0.05, 0) is 60.5 Å². The van der Waals surface area contributed by atoms with E-state index in [9.17, 15) is 14.4 Å². The predicted molar refractivity (Wildman–Crippen MR) is 108 cm³/mol. The Bertz CT molecular complexity index is 1060. The summed E-state index contributed by atoms with van der Waals surface area (Å²) >= 11 is 5.82. The molecule has 1 aliphatic rings. The fourth-order valence-electron chi connectivity index (χ4n) is 3.16. The lowest BCUT2D eigenvalue weighted by atomic mass is 10.1. The van der Waals surface area contributed by atoms with E-state index >= 15 is 0 Å². The summed E-state index contributed by atoms with van der Waals surface area (Å²) in [6, 6.07) is 20.3. The van der Waals surface area contributed by atoms with Crippen molar-refractivity contribution in [1.29, 1.82) is 0 Å². The number of halogens is 1. The molecule has 6 heteroatoms. The number of imide groups is 1. The molecule has 0 fully saturated rings. The lowest BCUT2D eigenvalue weighted by molar-refractivity contribution is 0.0654. The SMILES string of the molecule is O=C(Oc1ccc(CCN2C(=O)c3ccccc3C2=O)cc1)c1ccc(Cl)cc1. The van der Waals surface area contributed by atoms with Crippen LogP contribution < -0.4 is 4.74 Å². The third kappa shape index (κ3) is 3.91. The minimum atomic E-state index is -0.472. The molecule has 2 amide bonds. The molecular formula is C23H16ClNO4. The van der Waals surface area contributed by atoms with Gasteiger partial charge in [-0.25, -0.2) is 4.79 Å². The van der Waals surface area contributed by atoms with Crippen LogP contribution in [0.15, 0.2) is 72.8 Å². The maximum Gasteiger partial charge on any atom is 0.343 e. The fourth-order valence-corrected chi connectivity index (χ4v) is 3.29. The highest BCUT2D eigenvalue weighted by molar-refractivity contribution is 6.30. The second-order valence-electron chi connectivity index (χ2n) is 6.60. The third-order valence-electron chi connectivity index (χ3n) is 4.72. The summed E-state index contributed by atoms with van der Waals surface area (Å²) in [4.78, 5) is 38.2. The van der Waals surface area contributed by atoms with Crippen LogP contribution in [-0.4, -0.2) is 29.2 Å². The van der Waals surface area contributed by atoms with E-state index in [0.717, 1.165) is 5.56 Å². The number of rotatable bonds is 5. The van der Waals surface area contributed by atoms with Gasteiger partial charge in [0.1, 0.15) is 5.75 Å². The number of carbonyl (C=O) groups is 3. The maximum absolute atomic E-state index is 12.4. The van der Waals surface area contributed by atoms with Crippen LogP contribution in [0.4, 0.5) is 0 Å². The monoisotopic (exact) mass is 405 g/mol. The van der Waals surface area contributed by atoms with E-state index in [0.29, 0.717) is 33.9 Å². The molecule has 0 atom stereocenters. The van der Waals surface area contributed by atoms with Crippen LogP contribution in [0.25, 0.3) is 0 Å². The number of amides is 2. The predicted octanol–water partition coefficient (Wildman–Crippen LogP) is 4.40. The summed E-state index contributed by atoms with van der Waals surface area (Å²) in [6.07, 6.45) is 0.511. The topological polar surface area (TPSA) is 63.7 Å². The first-order valence-electron chi connectivity index (χ1n) is 9.05. The van der Waals surface area contributed by atoms with Crippen molar-refractivity contribution in [2.75, 3.05) is 6.54 Å². The number of fused-ring (bicyclic) bond motifs is 1. The van der Waals surface area contributed by atoms with Gasteiger partial charge in [-0.2, -0.15) is 0 Å². The number of ether oxygens (including phenoxy) is 1. The molecular weight excluding hydrogens is 390 g/mol. The lowest BCUT2D eigenvalue weighted by Crippen LogP contribution is -2.31. The van der Waals surface area contributed by atoms with Crippen LogP contribution in [0, 0.1) is 0 Å². The Morgan fingerprint density at radius 1 is 0.828 bits per heavy atom. The minimum absolute atomic E-state index is 0.265. The highest BCUT2D eigenvalue weighted by atomic mass is 35.5. The lowest BCUT2D eigenvalue weighted by Gasteiger charge is -2.13. The molecule has 3 aromatic carbocycles. The Kier molecular flexibility index (Phi) is 5.14. The molecule has 1 heterocycles. The first-order chi connectivity index (χ1) is 14.0. The molecule has 0 saturated carbocycles. The number of carbonyl (C=O) groups excluding carboxylic acids is 3. The summed E-state index contributed by atoms with van der Waals surface area (Å²) in [6.45, 7) is 0.288. The summed E-state index contributed by atoms with van der Waals surface area (Å²) in [7, 11) is 0. The van der Waals surface area contributed by atoms with E-state index < -0.39 is 5.97 Å². The smallest absolute Gasteiger partial charge is 0.343 e. The summed E-state index contributed by atoms with van der Waals surface area (Å²) < 4.78 is 5.35. The molecule has 0 aliphatic carbocycles. The molecule has 0 radical (unpaired) electrons. The molecule has 4 rings (SSSR count). The fraction of sp³-hybridized carbons (Fsp3) is 0.0870. The van der Waals surface area contributed by atoms with Crippen LogP contribution in [0.3, 0.4) is 0 Å². The van der Waals surface area contributed by atoms with Crippen molar-refractivity contribution >= 4 is 29.4 Å². The Labute approximate surface area is 172 Å². The summed E-state index contributed by atoms with van der Waals surface area (Å²) in [5.41, 5.74) is 2.22. The van der Waals surface area contributed by atoms with Gasteiger partial charge in [-0.15, -0.1) is 0 Å². The van der Waals surface area contributed by atoms with Crippen molar-refractivity contribution in [3.05, 3.63) is 100 Å². The van der Waals surface area contributed by atoms with Crippen LogP contribution >= 0.6 is 11.6 Å². The summed E-state index contributed by atoms with van der Waals surface area (Å²) in [5.74, 6) is -0.590. The first kappa shape index (κ1) is 18.9. The molecule has 0 N–H and O–H groups in total. The van der Waals surface area contributed by atoms with Gasteiger partial charge in [-0.3, -0.25) is 14.5 Å². The first-order valence-corrected chi connectivity index (χ1v) is 9.42. The van der Waals surface area contributed by atoms with E-state index in [1.165, 1.54) is 4.90 Å². The number of hydrogen-bond acceptors (Lipinski definition) is 4. The summed E-state index contributed by atoms with van der Waals surface area (Å²) in [5, 5.41) is 0.545. The van der Waals surface area contributed by atoms with Crippen molar-refractivity contribution in [3.63, 3.8) is 0 Å². The Balaban J connectivity index is 1.37. The van der Waals surface area contributed by atoms with Gasteiger partial charge in [0, 0.05) is 11.6 Å². The second-order valence-corrected chi connectivity index (χ2v) is 7.03. The Morgan fingerprint density at radius 3 is 2.00 bits per heavy atom. The van der Waals surface area contributed by atoms with Crippen molar-refractivity contribution in [3.8, 4) is 5.75 Å². The van der Waals surface area contributed by atoms with Gasteiger partial charge in [0.25, 0.3) is 11.8 Å². The molecule has 1 aliphatic heterocycles. The van der Waals surface area contributed by atoms with E-state index in [-0.39, 0.29) is 18.4 Å². The Hall–Kier alpha value is -3.44. The van der Waals surface area contributed by atoms with E-state index in [1.807, 2.05) is 12.1 Å². The number of hydrogen-bond donors (Lipinski definition) is 0. The quantitative estimate of drug-likeness (QED) is 0.358. The average Bonchev–Trinajstić information content (AvgIpc) is 2.98. The highest BCUT2D eigenvalue weighted by Crippen LogP contribution is 2.23. The average molecular weight is 406 g/mol. The number of benzene rings is 3. The molecule has 3 aromatic rings. The number of esters is 1. The van der Waals surface area contributed by atoms with E-state index in [2.05, 4.69) is 0 Å². The van der Waals surface area contributed by atoms with Crippen molar-refractivity contribution in [1.82, 2.24) is 4.90 Å². The normalized spacial score (nSPS) is 12.8. The van der Waals surface area contributed by atoms with Gasteiger partial charge in [0.2, 0.25) is 0 Å². The molecule has 144 valence electrons. The van der Waals surface area contributed by atoms with Crippen molar-refractivity contribution in [2.45, 2.75) is 6.42 Å². The largest absolute Gasteiger partial charge is 0.423 e. The highest BCUT2D eigenvalue weighted by Gasteiger charge is 2.34. The molecule has 5 nitrogen and oxygen atoms in total. The Morgan fingerprint density at radius 2 is 1.41 bits per heavy atom. The van der Waals surface area contributed by atoms with Gasteiger partial charge >= 0.3 is 5.97 Å².